The van der Waals surface area contributed by atoms with Crippen molar-refractivity contribution in [1.29, 1.82) is 0 Å². The molecular weight excluding hydrogens is 458 g/mol. The maximum Gasteiger partial charge on any atom is 0.300 e. The second-order valence-corrected chi connectivity index (χ2v) is 9.15. The molecule has 2 N–H and O–H groups in total. The number of phenolic OH excluding ortho intramolecular Hbond substituents is 1. The molecule has 186 valence electrons. The molecule has 7 nitrogen and oxygen atoms in total. The molecule has 1 saturated heterocycles. The second kappa shape index (κ2) is 10.2. The van der Waals surface area contributed by atoms with Crippen molar-refractivity contribution in [3.8, 4) is 17.2 Å². The molecule has 36 heavy (non-hydrogen) atoms. The number of hydrogen-bond acceptors (Lipinski definition) is 6. The smallest absolute Gasteiger partial charge is 0.300 e. The number of nitrogens with zero attached hydrogens (tertiary/aromatic N) is 1. The third-order valence-electron chi connectivity index (χ3n) is 5.98. The van der Waals surface area contributed by atoms with Gasteiger partial charge in [-0.3, -0.25) is 14.5 Å². The van der Waals surface area contributed by atoms with Crippen LogP contribution in [0.5, 0.6) is 17.2 Å². The van der Waals surface area contributed by atoms with Gasteiger partial charge in [-0.15, -0.1) is 0 Å². The highest BCUT2D eigenvalue weighted by Crippen LogP contribution is 2.43. The Morgan fingerprint density at radius 1 is 1.03 bits per heavy atom. The lowest BCUT2D eigenvalue weighted by Crippen LogP contribution is -2.29. The predicted molar refractivity (Wildman–Crippen MR) is 137 cm³/mol. The van der Waals surface area contributed by atoms with Crippen LogP contribution in [-0.2, 0) is 9.59 Å². The molecule has 0 saturated carbocycles. The fourth-order valence-electron chi connectivity index (χ4n) is 4.24. The zero-order valence-electron chi connectivity index (χ0n) is 20.7. The lowest BCUT2D eigenvalue weighted by atomic mass is 9.94. The zero-order valence-corrected chi connectivity index (χ0v) is 20.7. The number of amides is 1. The highest BCUT2D eigenvalue weighted by atomic mass is 16.5. The maximum atomic E-state index is 13.3. The fraction of sp³-hybridized carbons (Fsp3) is 0.241. The van der Waals surface area contributed by atoms with E-state index in [0.29, 0.717) is 40.8 Å². The van der Waals surface area contributed by atoms with Gasteiger partial charge >= 0.3 is 0 Å². The highest BCUT2D eigenvalue weighted by molar-refractivity contribution is 6.51. The Labute approximate surface area is 210 Å². The SMILES string of the molecule is COc1cccc(N2C(=O)C(=O)/C(=C(/O)c3ccc(OCC(C)C)c(C)c3)C2c2cccc(O)c2)c1. The van der Waals surface area contributed by atoms with Gasteiger partial charge in [0.05, 0.1) is 25.3 Å². The Kier molecular flexibility index (Phi) is 7.01. The van der Waals surface area contributed by atoms with E-state index in [4.69, 9.17) is 9.47 Å². The molecule has 0 aliphatic carbocycles. The van der Waals surface area contributed by atoms with E-state index in [9.17, 15) is 19.8 Å². The molecule has 1 unspecified atom stereocenters. The van der Waals surface area contributed by atoms with Gasteiger partial charge in [-0.25, -0.2) is 0 Å². The summed E-state index contributed by atoms with van der Waals surface area (Å²) < 4.78 is 11.1. The molecule has 7 heteroatoms. The van der Waals surface area contributed by atoms with Crippen LogP contribution in [0.1, 0.15) is 36.6 Å². The third-order valence-corrected chi connectivity index (χ3v) is 5.98. The van der Waals surface area contributed by atoms with Crippen LogP contribution in [0.15, 0.2) is 72.3 Å². The van der Waals surface area contributed by atoms with E-state index in [1.165, 1.54) is 24.1 Å². The van der Waals surface area contributed by atoms with Crippen molar-refractivity contribution < 1.29 is 29.3 Å². The van der Waals surface area contributed by atoms with Gasteiger partial charge in [0, 0.05) is 17.3 Å². The largest absolute Gasteiger partial charge is 0.508 e. The van der Waals surface area contributed by atoms with E-state index in [0.717, 1.165) is 5.56 Å². The number of rotatable bonds is 7. The van der Waals surface area contributed by atoms with Gasteiger partial charge in [-0.1, -0.05) is 32.0 Å². The van der Waals surface area contributed by atoms with Crippen molar-refractivity contribution in [2.75, 3.05) is 18.6 Å². The summed E-state index contributed by atoms with van der Waals surface area (Å²) in [4.78, 5) is 27.9. The number of ether oxygens (including phenoxy) is 2. The molecule has 1 atom stereocenters. The molecule has 1 heterocycles. The normalized spacial score (nSPS) is 17.0. The van der Waals surface area contributed by atoms with Crippen LogP contribution >= 0.6 is 0 Å². The number of methoxy groups -OCH3 is 1. The number of Topliss-reactive ketones (excluding diaryl/α,β-unsaturated/α-hetero) is 1. The Morgan fingerprint density at radius 2 is 1.78 bits per heavy atom. The summed E-state index contributed by atoms with van der Waals surface area (Å²) in [5.41, 5.74) is 2.02. The van der Waals surface area contributed by atoms with E-state index < -0.39 is 17.7 Å². The molecule has 1 fully saturated rings. The van der Waals surface area contributed by atoms with Gasteiger partial charge < -0.3 is 19.7 Å². The van der Waals surface area contributed by atoms with Crippen LogP contribution in [0.3, 0.4) is 0 Å². The molecule has 4 rings (SSSR count). The van der Waals surface area contributed by atoms with Crippen molar-refractivity contribution in [3.05, 3.63) is 89.0 Å². The van der Waals surface area contributed by atoms with Crippen molar-refractivity contribution >= 4 is 23.1 Å². The average Bonchev–Trinajstić information content (AvgIpc) is 3.13. The Morgan fingerprint density at radius 3 is 2.44 bits per heavy atom. The summed E-state index contributed by atoms with van der Waals surface area (Å²) in [6.07, 6.45) is 0. The number of aliphatic hydroxyl groups is 1. The number of phenols is 1. The number of ketones is 1. The summed E-state index contributed by atoms with van der Waals surface area (Å²) in [6, 6.07) is 17.3. The molecule has 0 bridgehead atoms. The van der Waals surface area contributed by atoms with Gasteiger partial charge in [0.25, 0.3) is 11.7 Å². The minimum absolute atomic E-state index is 0.0220. The lowest BCUT2D eigenvalue weighted by Gasteiger charge is -2.26. The van der Waals surface area contributed by atoms with Crippen LogP contribution in [0.4, 0.5) is 5.69 Å². The predicted octanol–water partition coefficient (Wildman–Crippen LogP) is 5.37. The molecule has 0 spiro atoms. The molecule has 1 aliphatic rings. The maximum absolute atomic E-state index is 13.3. The second-order valence-electron chi connectivity index (χ2n) is 9.15. The Hall–Kier alpha value is -4.26. The first-order chi connectivity index (χ1) is 17.2. The first-order valence-electron chi connectivity index (χ1n) is 11.7. The van der Waals surface area contributed by atoms with Gasteiger partial charge in [-0.05, 0) is 66.4 Å². The van der Waals surface area contributed by atoms with Crippen molar-refractivity contribution in [1.82, 2.24) is 0 Å². The lowest BCUT2D eigenvalue weighted by molar-refractivity contribution is -0.132. The first-order valence-corrected chi connectivity index (χ1v) is 11.7. The minimum Gasteiger partial charge on any atom is -0.508 e. The number of hydrogen-bond donors (Lipinski definition) is 2. The van der Waals surface area contributed by atoms with Crippen LogP contribution < -0.4 is 14.4 Å². The first kappa shape index (κ1) is 24.9. The van der Waals surface area contributed by atoms with Crippen LogP contribution in [0, 0.1) is 12.8 Å². The van der Waals surface area contributed by atoms with Crippen molar-refractivity contribution in [2.24, 2.45) is 5.92 Å². The van der Waals surface area contributed by atoms with Crippen LogP contribution in [0.25, 0.3) is 5.76 Å². The van der Waals surface area contributed by atoms with Gasteiger partial charge in [0.1, 0.15) is 23.0 Å². The quantitative estimate of drug-likeness (QED) is 0.264. The molecule has 0 aromatic heterocycles. The van der Waals surface area contributed by atoms with E-state index in [1.807, 2.05) is 6.92 Å². The number of benzene rings is 3. The number of anilines is 1. The van der Waals surface area contributed by atoms with Gasteiger partial charge in [0.15, 0.2) is 0 Å². The summed E-state index contributed by atoms with van der Waals surface area (Å²) >= 11 is 0. The summed E-state index contributed by atoms with van der Waals surface area (Å²) in [5.74, 6) is -0.379. The van der Waals surface area contributed by atoms with Crippen molar-refractivity contribution in [2.45, 2.75) is 26.8 Å². The third kappa shape index (κ3) is 4.77. The standard InChI is InChI=1S/C29H29NO6/c1-17(2)16-36-24-12-11-20(13-18(24)3)27(32)25-26(19-7-5-9-22(31)14-19)30(29(34)28(25)33)21-8-6-10-23(15-21)35-4/h5-15,17,26,31-32H,16H2,1-4H3/b27-25+. The summed E-state index contributed by atoms with van der Waals surface area (Å²) in [5, 5.41) is 21.5. The molecular formula is C29H29NO6. The van der Waals surface area contributed by atoms with Crippen LogP contribution in [0.2, 0.25) is 0 Å². The van der Waals surface area contributed by atoms with E-state index in [1.54, 1.807) is 54.6 Å². The molecule has 3 aromatic carbocycles. The minimum atomic E-state index is -0.957. The summed E-state index contributed by atoms with van der Waals surface area (Å²) in [6.45, 7) is 6.51. The number of aryl methyl sites for hydroxylation is 1. The van der Waals surface area contributed by atoms with Gasteiger partial charge in [0.2, 0.25) is 0 Å². The van der Waals surface area contributed by atoms with Gasteiger partial charge in [-0.2, -0.15) is 0 Å². The number of carbonyl (C=O) groups excluding carboxylic acids is 2. The topological polar surface area (TPSA) is 96.3 Å². The Bertz CT molecular complexity index is 1340. The van der Waals surface area contributed by atoms with Crippen molar-refractivity contribution in [3.63, 3.8) is 0 Å². The van der Waals surface area contributed by atoms with E-state index in [2.05, 4.69) is 13.8 Å². The van der Waals surface area contributed by atoms with E-state index >= 15 is 0 Å². The number of carbonyl (C=O) groups is 2. The van der Waals surface area contributed by atoms with Crippen LogP contribution in [-0.4, -0.2) is 35.6 Å². The zero-order chi connectivity index (χ0) is 26.0. The number of aromatic hydroxyl groups is 1. The Balaban J connectivity index is 1.86. The number of aliphatic hydroxyl groups excluding tert-OH is 1. The molecule has 1 aliphatic heterocycles. The fourth-order valence-corrected chi connectivity index (χ4v) is 4.24. The highest BCUT2D eigenvalue weighted by Gasteiger charge is 2.47. The monoisotopic (exact) mass is 487 g/mol. The van der Waals surface area contributed by atoms with E-state index in [-0.39, 0.29) is 17.1 Å². The molecule has 3 aromatic rings. The molecule has 1 amide bonds. The molecule has 0 radical (unpaired) electrons. The average molecular weight is 488 g/mol. The summed E-state index contributed by atoms with van der Waals surface area (Å²) in [7, 11) is 1.51.